The average Bonchev–Trinajstić information content (AvgIpc) is 2.04. The largest absolute Gasteiger partial charge is 0.546 e. The third-order valence-corrected chi connectivity index (χ3v) is 1.98. The summed E-state index contributed by atoms with van der Waals surface area (Å²) in [7, 11) is -2.49. The molecule has 0 bridgehead atoms. The van der Waals surface area contributed by atoms with Gasteiger partial charge in [0.05, 0.1) is 11.0 Å². The number of nitro benzene ring substituents is 1. The molecule has 62 valence electrons. The van der Waals surface area contributed by atoms with Crippen LogP contribution in [0.3, 0.4) is 0 Å². The molecule has 0 saturated heterocycles. The molecule has 0 fully saturated rings. The van der Waals surface area contributed by atoms with Gasteiger partial charge in [-0.2, -0.15) is 4.89 Å². The van der Waals surface area contributed by atoms with Crippen molar-refractivity contribution in [2.45, 2.75) is 0 Å². The summed E-state index contributed by atoms with van der Waals surface area (Å²) in [5.74, 6) is 0. The smallest absolute Gasteiger partial charge is 0.258 e. The van der Waals surface area contributed by atoms with E-state index >= 15 is 0 Å². The van der Waals surface area contributed by atoms with E-state index in [0.717, 1.165) is 6.07 Å². The first-order valence-corrected chi connectivity index (χ1v) is 4.23. The Labute approximate surface area is 68.7 Å². The molecular formula is C6H5NO4P+. The van der Waals surface area contributed by atoms with Crippen LogP contribution in [-0.4, -0.2) is 9.82 Å². The van der Waals surface area contributed by atoms with Crippen molar-refractivity contribution in [1.29, 1.82) is 0 Å². The van der Waals surface area contributed by atoms with Crippen molar-refractivity contribution < 1.29 is 14.4 Å². The van der Waals surface area contributed by atoms with E-state index in [9.17, 15) is 14.7 Å². The van der Waals surface area contributed by atoms with E-state index in [1.807, 2.05) is 0 Å². The fourth-order valence-corrected chi connectivity index (χ4v) is 1.18. The molecule has 0 radical (unpaired) electrons. The lowest BCUT2D eigenvalue weighted by atomic mass is 10.3. The third-order valence-electron chi connectivity index (χ3n) is 1.26. The van der Waals surface area contributed by atoms with Crippen molar-refractivity contribution in [3.8, 4) is 0 Å². The van der Waals surface area contributed by atoms with Crippen molar-refractivity contribution in [1.82, 2.24) is 0 Å². The van der Waals surface area contributed by atoms with Crippen molar-refractivity contribution in [3.63, 3.8) is 0 Å². The summed E-state index contributed by atoms with van der Waals surface area (Å²) < 4.78 is 10.5. The van der Waals surface area contributed by atoms with E-state index in [4.69, 9.17) is 4.89 Å². The molecule has 0 spiro atoms. The minimum Gasteiger partial charge on any atom is -0.258 e. The summed E-state index contributed by atoms with van der Waals surface area (Å²) in [6.45, 7) is 0. The lowest BCUT2D eigenvalue weighted by Crippen LogP contribution is -1.97. The highest BCUT2D eigenvalue weighted by Crippen LogP contribution is 2.16. The molecule has 0 aliphatic carbocycles. The molecule has 0 amide bonds. The SMILES string of the molecule is O=[N+]([O-])c1cccc([P+](=O)O)c1. The van der Waals surface area contributed by atoms with Gasteiger partial charge in [-0.25, -0.2) is 0 Å². The average molecular weight is 186 g/mol. The number of rotatable bonds is 2. The molecule has 0 aliphatic rings. The molecule has 6 heteroatoms. The van der Waals surface area contributed by atoms with Crippen molar-refractivity contribution >= 4 is 19.0 Å². The van der Waals surface area contributed by atoms with Gasteiger partial charge in [-0.1, -0.05) is 6.07 Å². The molecule has 1 rings (SSSR count). The van der Waals surface area contributed by atoms with Gasteiger partial charge in [0.15, 0.2) is 0 Å². The predicted octanol–water partition coefficient (Wildman–Crippen LogP) is 0.955. The number of nitrogens with zero attached hydrogens (tertiary/aromatic N) is 1. The second kappa shape index (κ2) is 3.38. The Morgan fingerprint density at radius 2 is 2.17 bits per heavy atom. The highest BCUT2D eigenvalue weighted by atomic mass is 31.1. The first kappa shape index (κ1) is 8.77. The van der Waals surface area contributed by atoms with Gasteiger partial charge in [-0.05, 0) is 10.6 Å². The zero-order valence-corrected chi connectivity index (χ0v) is 6.77. The maximum absolute atomic E-state index is 10.5. The summed E-state index contributed by atoms with van der Waals surface area (Å²) in [6, 6.07) is 5.09. The van der Waals surface area contributed by atoms with Crippen LogP contribution in [0.4, 0.5) is 5.69 Å². The number of benzene rings is 1. The summed E-state index contributed by atoms with van der Waals surface area (Å²) >= 11 is 0. The van der Waals surface area contributed by atoms with Gasteiger partial charge in [-0.3, -0.25) is 10.1 Å². The van der Waals surface area contributed by atoms with Crippen molar-refractivity contribution in [3.05, 3.63) is 34.4 Å². The molecule has 1 unspecified atom stereocenters. The molecule has 0 heterocycles. The van der Waals surface area contributed by atoms with Gasteiger partial charge in [0, 0.05) is 6.07 Å². The highest BCUT2D eigenvalue weighted by Gasteiger charge is 2.19. The van der Waals surface area contributed by atoms with Crippen LogP contribution in [0.1, 0.15) is 0 Å². The second-order valence-corrected chi connectivity index (χ2v) is 3.11. The van der Waals surface area contributed by atoms with Gasteiger partial charge in [-0.15, -0.1) is 0 Å². The Bertz CT molecular complexity index is 309. The van der Waals surface area contributed by atoms with Crippen LogP contribution in [0, 0.1) is 10.1 Å². The van der Waals surface area contributed by atoms with Gasteiger partial charge in [0.2, 0.25) is 5.30 Å². The Balaban J connectivity index is 3.12. The maximum Gasteiger partial charge on any atom is 0.546 e. The van der Waals surface area contributed by atoms with Crippen LogP contribution >= 0.6 is 8.03 Å². The van der Waals surface area contributed by atoms with Crippen LogP contribution in [0.25, 0.3) is 0 Å². The summed E-state index contributed by atoms with van der Waals surface area (Å²) in [5, 5.41) is 10.3. The van der Waals surface area contributed by atoms with Crippen LogP contribution in [0.15, 0.2) is 24.3 Å². The lowest BCUT2D eigenvalue weighted by molar-refractivity contribution is -0.384. The molecule has 1 N–H and O–H groups in total. The molecule has 12 heavy (non-hydrogen) atoms. The first-order chi connectivity index (χ1) is 5.61. The summed E-state index contributed by atoms with van der Waals surface area (Å²) in [5.41, 5.74) is -0.176. The highest BCUT2D eigenvalue weighted by molar-refractivity contribution is 7.47. The Kier molecular flexibility index (Phi) is 2.47. The van der Waals surface area contributed by atoms with Crippen LogP contribution in [0.5, 0.6) is 0 Å². The molecular weight excluding hydrogens is 181 g/mol. The van der Waals surface area contributed by atoms with Crippen LogP contribution in [-0.2, 0) is 4.57 Å². The molecule has 1 atom stereocenters. The number of nitro groups is 1. The fraction of sp³-hybridized carbons (Fsp3) is 0. The van der Waals surface area contributed by atoms with Crippen LogP contribution in [0.2, 0.25) is 0 Å². The predicted molar refractivity (Wildman–Crippen MR) is 42.6 cm³/mol. The lowest BCUT2D eigenvalue weighted by Gasteiger charge is -1.87. The summed E-state index contributed by atoms with van der Waals surface area (Å²) in [4.78, 5) is 18.2. The van der Waals surface area contributed by atoms with Gasteiger partial charge in [0.1, 0.15) is 0 Å². The first-order valence-electron chi connectivity index (χ1n) is 3.02. The van der Waals surface area contributed by atoms with Gasteiger partial charge in [0.25, 0.3) is 5.69 Å². The number of non-ortho nitro benzene ring substituents is 1. The third kappa shape index (κ3) is 1.84. The monoisotopic (exact) mass is 186 g/mol. The minimum atomic E-state index is -2.49. The van der Waals surface area contributed by atoms with E-state index in [1.54, 1.807) is 0 Å². The van der Waals surface area contributed by atoms with E-state index < -0.39 is 13.0 Å². The second-order valence-electron chi connectivity index (χ2n) is 2.05. The van der Waals surface area contributed by atoms with E-state index in [2.05, 4.69) is 0 Å². The zero-order valence-electron chi connectivity index (χ0n) is 5.88. The van der Waals surface area contributed by atoms with Gasteiger partial charge >= 0.3 is 8.03 Å². The molecule has 0 aliphatic heterocycles. The standard InChI is InChI=1S/C6H4NO4P/c8-7(9)5-2-1-3-6(4-5)12(10)11/h1-4H/p+1. The fourth-order valence-electron chi connectivity index (χ4n) is 0.726. The normalized spacial score (nSPS) is 10.9. The molecule has 0 aromatic heterocycles. The van der Waals surface area contributed by atoms with E-state index in [0.29, 0.717) is 0 Å². The molecule has 5 nitrogen and oxygen atoms in total. The molecule has 0 saturated carbocycles. The molecule has 1 aromatic rings. The minimum absolute atomic E-state index is 0.0687. The maximum atomic E-state index is 10.5. The number of hydrogen-bond acceptors (Lipinski definition) is 3. The molecule has 1 aromatic carbocycles. The summed E-state index contributed by atoms with van der Waals surface area (Å²) in [6.07, 6.45) is 0. The van der Waals surface area contributed by atoms with Crippen LogP contribution < -0.4 is 5.30 Å². The van der Waals surface area contributed by atoms with Crippen molar-refractivity contribution in [2.24, 2.45) is 0 Å². The van der Waals surface area contributed by atoms with Gasteiger partial charge < -0.3 is 0 Å². The Morgan fingerprint density at radius 3 is 2.67 bits per heavy atom. The van der Waals surface area contributed by atoms with Crippen molar-refractivity contribution in [2.75, 3.05) is 0 Å². The Morgan fingerprint density at radius 1 is 1.50 bits per heavy atom. The quantitative estimate of drug-likeness (QED) is 0.423. The van der Waals surface area contributed by atoms with E-state index in [1.165, 1.54) is 18.2 Å². The van der Waals surface area contributed by atoms with E-state index in [-0.39, 0.29) is 11.0 Å². The Hall–Kier alpha value is -1.32. The zero-order chi connectivity index (χ0) is 9.14. The topological polar surface area (TPSA) is 80.4 Å². The number of hydrogen-bond donors (Lipinski definition) is 1.